The molecule has 2 saturated heterocycles. The Morgan fingerprint density at radius 3 is 2.94 bits per heavy atom. The topological polar surface area (TPSA) is 6.48 Å². The zero-order chi connectivity index (χ0) is 12.5. The van der Waals surface area contributed by atoms with E-state index < -0.39 is 0 Å². The molecule has 3 rings (SSSR count). The third kappa shape index (κ3) is 2.34. The van der Waals surface area contributed by atoms with Crippen molar-refractivity contribution < 1.29 is 4.39 Å². The molecule has 0 spiro atoms. The molecule has 4 heteroatoms. The fraction of sp³-hybridized carbons (Fsp3) is 0.571. The molecule has 1 unspecified atom stereocenters. The van der Waals surface area contributed by atoms with Gasteiger partial charge in [0.25, 0.3) is 0 Å². The summed E-state index contributed by atoms with van der Waals surface area (Å²) in [5.41, 5.74) is 0.660. The van der Waals surface area contributed by atoms with Gasteiger partial charge in [0, 0.05) is 30.7 Å². The van der Waals surface area contributed by atoms with Gasteiger partial charge in [-0.05, 0) is 37.6 Å². The SMILES string of the molecule is Fc1ccc(Cl)cc1N1CCN2CCCCC2C1. The summed E-state index contributed by atoms with van der Waals surface area (Å²) in [6, 6.07) is 5.41. The van der Waals surface area contributed by atoms with Crippen molar-refractivity contribution in [2.24, 2.45) is 0 Å². The van der Waals surface area contributed by atoms with Gasteiger partial charge in [0.2, 0.25) is 0 Å². The van der Waals surface area contributed by atoms with Crippen LogP contribution in [0.3, 0.4) is 0 Å². The van der Waals surface area contributed by atoms with Crippen molar-refractivity contribution >= 4 is 17.3 Å². The molecule has 1 aromatic rings. The Bertz CT molecular complexity index is 438. The molecule has 0 N–H and O–H groups in total. The van der Waals surface area contributed by atoms with Crippen molar-refractivity contribution in [1.82, 2.24) is 4.90 Å². The van der Waals surface area contributed by atoms with E-state index in [0.29, 0.717) is 16.8 Å². The molecule has 0 saturated carbocycles. The molecule has 0 amide bonds. The number of halogens is 2. The van der Waals surface area contributed by atoms with Crippen LogP contribution in [0.2, 0.25) is 5.02 Å². The lowest BCUT2D eigenvalue weighted by molar-refractivity contribution is 0.133. The smallest absolute Gasteiger partial charge is 0.146 e. The van der Waals surface area contributed by atoms with Crippen LogP contribution in [0.5, 0.6) is 0 Å². The van der Waals surface area contributed by atoms with Crippen LogP contribution >= 0.6 is 11.6 Å². The molecular weight excluding hydrogens is 251 g/mol. The van der Waals surface area contributed by atoms with Crippen LogP contribution in [-0.4, -0.2) is 37.1 Å². The Balaban J connectivity index is 1.79. The summed E-state index contributed by atoms with van der Waals surface area (Å²) < 4.78 is 13.9. The maximum absolute atomic E-state index is 13.9. The number of anilines is 1. The van der Waals surface area contributed by atoms with Gasteiger partial charge >= 0.3 is 0 Å². The summed E-state index contributed by atoms with van der Waals surface area (Å²) in [5.74, 6) is -0.163. The second-order valence-electron chi connectivity index (χ2n) is 5.23. The predicted molar refractivity (Wildman–Crippen MR) is 72.8 cm³/mol. The van der Waals surface area contributed by atoms with Gasteiger partial charge in [0.15, 0.2) is 0 Å². The van der Waals surface area contributed by atoms with Crippen LogP contribution in [0.25, 0.3) is 0 Å². The van der Waals surface area contributed by atoms with Gasteiger partial charge in [-0.1, -0.05) is 18.0 Å². The van der Waals surface area contributed by atoms with E-state index in [2.05, 4.69) is 9.80 Å². The van der Waals surface area contributed by atoms with Crippen molar-refractivity contribution in [3.63, 3.8) is 0 Å². The maximum atomic E-state index is 13.9. The van der Waals surface area contributed by atoms with Crippen molar-refractivity contribution in [3.05, 3.63) is 29.0 Å². The second kappa shape index (κ2) is 5.06. The summed E-state index contributed by atoms with van der Waals surface area (Å²) in [6.07, 6.45) is 3.84. The van der Waals surface area contributed by atoms with E-state index in [1.165, 1.54) is 31.9 Å². The quantitative estimate of drug-likeness (QED) is 0.772. The minimum atomic E-state index is -0.163. The highest BCUT2D eigenvalue weighted by molar-refractivity contribution is 6.30. The van der Waals surface area contributed by atoms with Crippen LogP contribution in [0.4, 0.5) is 10.1 Å². The monoisotopic (exact) mass is 268 g/mol. The molecule has 18 heavy (non-hydrogen) atoms. The largest absolute Gasteiger partial charge is 0.366 e. The van der Waals surface area contributed by atoms with Gasteiger partial charge in [-0.25, -0.2) is 4.39 Å². The number of fused-ring (bicyclic) bond motifs is 1. The number of piperazine rings is 1. The molecule has 2 nitrogen and oxygen atoms in total. The third-order valence-electron chi connectivity index (χ3n) is 4.09. The molecule has 0 aliphatic carbocycles. The van der Waals surface area contributed by atoms with Gasteiger partial charge in [-0.3, -0.25) is 4.90 Å². The van der Waals surface area contributed by atoms with E-state index in [4.69, 9.17) is 11.6 Å². The van der Waals surface area contributed by atoms with Gasteiger partial charge in [-0.15, -0.1) is 0 Å². The average molecular weight is 269 g/mol. The Kier molecular flexibility index (Phi) is 3.44. The number of piperidine rings is 1. The second-order valence-corrected chi connectivity index (χ2v) is 5.66. The van der Waals surface area contributed by atoms with Crippen LogP contribution in [0.15, 0.2) is 18.2 Å². The Morgan fingerprint density at radius 1 is 1.17 bits per heavy atom. The summed E-state index contributed by atoms with van der Waals surface area (Å²) in [6.45, 7) is 4.07. The van der Waals surface area contributed by atoms with Crippen molar-refractivity contribution in [1.29, 1.82) is 0 Å². The number of hydrogen-bond donors (Lipinski definition) is 0. The summed E-state index contributed by atoms with van der Waals surface area (Å²) in [5, 5.41) is 0.609. The van der Waals surface area contributed by atoms with Crippen molar-refractivity contribution in [2.75, 3.05) is 31.1 Å². The highest BCUT2D eigenvalue weighted by Crippen LogP contribution is 2.28. The minimum absolute atomic E-state index is 0.163. The molecule has 1 atom stereocenters. The molecule has 98 valence electrons. The lowest BCUT2D eigenvalue weighted by Gasteiger charge is -2.45. The van der Waals surface area contributed by atoms with E-state index >= 15 is 0 Å². The number of rotatable bonds is 1. The van der Waals surface area contributed by atoms with E-state index in [0.717, 1.165) is 19.6 Å². The van der Waals surface area contributed by atoms with E-state index in [-0.39, 0.29) is 5.82 Å². The van der Waals surface area contributed by atoms with Gasteiger partial charge in [0.05, 0.1) is 5.69 Å². The summed E-state index contributed by atoms with van der Waals surface area (Å²) >= 11 is 5.97. The fourth-order valence-electron chi connectivity index (χ4n) is 3.10. The van der Waals surface area contributed by atoms with Gasteiger partial charge < -0.3 is 4.90 Å². The molecule has 1 aromatic carbocycles. The first-order valence-corrected chi connectivity index (χ1v) is 7.06. The normalized spacial score (nSPS) is 25.0. The van der Waals surface area contributed by atoms with E-state index in [1.807, 2.05) is 0 Å². The molecule has 2 fully saturated rings. The van der Waals surface area contributed by atoms with Crippen LogP contribution in [0.1, 0.15) is 19.3 Å². The zero-order valence-corrected chi connectivity index (χ0v) is 11.2. The maximum Gasteiger partial charge on any atom is 0.146 e. The van der Waals surface area contributed by atoms with Crippen molar-refractivity contribution in [3.8, 4) is 0 Å². The first-order valence-electron chi connectivity index (χ1n) is 6.68. The number of hydrogen-bond acceptors (Lipinski definition) is 2. The van der Waals surface area contributed by atoms with E-state index in [1.54, 1.807) is 12.1 Å². The Morgan fingerprint density at radius 2 is 2.06 bits per heavy atom. The molecule has 2 aliphatic rings. The number of nitrogens with zero attached hydrogens (tertiary/aromatic N) is 2. The molecule has 2 heterocycles. The molecule has 2 aliphatic heterocycles. The Hall–Kier alpha value is -0.800. The predicted octanol–water partition coefficient (Wildman–Crippen LogP) is 3.15. The molecule has 0 radical (unpaired) electrons. The molecule has 0 aromatic heterocycles. The standard InChI is InChI=1S/C14H18ClFN2/c15-11-4-5-13(16)14(9-11)18-8-7-17-6-2-1-3-12(17)10-18/h4-5,9,12H,1-3,6-8,10H2. The first kappa shape index (κ1) is 12.2. The lowest BCUT2D eigenvalue weighted by atomic mass is 9.99. The fourth-order valence-corrected chi connectivity index (χ4v) is 3.27. The van der Waals surface area contributed by atoms with Gasteiger partial charge in [0.1, 0.15) is 5.82 Å². The van der Waals surface area contributed by atoms with Gasteiger partial charge in [-0.2, -0.15) is 0 Å². The Labute approximate surface area is 112 Å². The van der Waals surface area contributed by atoms with E-state index in [9.17, 15) is 4.39 Å². The third-order valence-corrected chi connectivity index (χ3v) is 4.32. The summed E-state index contributed by atoms with van der Waals surface area (Å²) in [7, 11) is 0. The van der Waals surface area contributed by atoms with Crippen LogP contribution < -0.4 is 4.90 Å². The highest BCUT2D eigenvalue weighted by atomic mass is 35.5. The highest BCUT2D eigenvalue weighted by Gasteiger charge is 2.29. The van der Waals surface area contributed by atoms with Crippen molar-refractivity contribution in [2.45, 2.75) is 25.3 Å². The minimum Gasteiger partial charge on any atom is -0.366 e. The number of benzene rings is 1. The van der Waals surface area contributed by atoms with Crippen LogP contribution in [-0.2, 0) is 0 Å². The first-order chi connectivity index (χ1) is 8.74. The van der Waals surface area contributed by atoms with Crippen LogP contribution in [0, 0.1) is 5.82 Å². The lowest BCUT2D eigenvalue weighted by Crippen LogP contribution is -2.55. The average Bonchev–Trinajstić information content (AvgIpc) is 2.41. The zero-order valence-electron chi connectivity index (χ0n) is 10.4. The summed E-state index contributed by atoms with van der Waals surface area (Å²) in [4.78, 5) is 4.69. The molecular formula is C14H18ClFN2. The molecule has 0 bridgehead atoms.